The van der Waals surface area contributed by atoms with Gasteiger partial charge in [-0.05, 0) is 68.1 Å². The lowest BCUT2D eigenvalue weighted by atomic mass is 9.48. The fourth-order valence-corrected chi connectivity index (χ4v) is 6.71. The Bertz CT molecular complexity index is 576. The number of fused-ring (bicyclic) bond motifs is 5. The third-order valence-electron chi connectivity index (χ3n) is 8.16. The van der Waals surface area contributed by atoms with Gasteiger partial charge < -0.3 is 5.11 Å². The number of allylic oxidation sites excluding steroid dienone is 2. The smallest absolute Gasteiger partial charge is 0.145 e. The Morgan fingerprint density at radius 1 is 1.22 bits per heavy atom. The molecule has 2 nitrogen and oxygen atoms in total. The van der Waals surface area contributed by atoms with Crippen LogP contribution < -0.4 is 0 Å². The molecule has 4 aliphatic rings. The highest BCUT2D eigenvalue weighted by atomic mass is 16.3. The molecule has 2 heteroatoms. The van der Waals surface area contributed by atoms with Crippen molar-refractivity contribution in [1.29, 1.82) is 0 Å². The Morgan fingerprint density at radius 2 is 1.96 bits per heavy atom. The number of carbonyl (C=O) groups is 1. The van der Waals surface area contributed by atoms with E-state index in [1.54, 1.807) is 0 Å². The van der Waals surface area contributed by atoms with Crippen LogP contribution in [0.15, 0.2) is 24.3 Å². The molecule has 4 rings (SSSR count). The van der Waals surface area contributed by atoms with Crippen molar-refractivity contribution >= 4 is 5.78 Å². The molecule has 0 aromatic carbocycles. The van der Waals surface area contributed by atoms with Gasteiger partial charge in [-0.15, -0.1) is 6.58 Å². The number of carbonyl (C=O) groups excluding carboxylic acids is 1. The van der Waals surface area contributed by atoms with Crippen LogP contribution in [0.3, 0.4) is 0 Å². The molecule has 0 aromatic rings. The lowest BCUT2D eigenvalue weighted by molar-refractivity contribution is -0.133. The minimum atomic E-state index is -0.141. The highest BCUT2D eigenvalue weighted by molar-refractivity contribution is 5.90. The number of aliphatic hydroxyl groups excluding tert-OH is 1. The summed E-state index contributed by atoms with van der Waals surface area (Å²) in [5.74, 6) is 2.40. The van der Waals surface area contributed by atoms with Gasteiger partial charge in [-0.2, -0.15) is 0 Å². The number of ketones is 1. The minimum absolute atomic E-state index is 0.0788. The van der Waals surface area contributed by atoms with Crippen molar-refractivity contribution in [2.24, 2.45) is 34.5 Å². The summed E-state index contributed by atoms with van der Waals surface area (Å²) in [7, 11) is 0. The summed E-state index contributed by atoms with van der Waals surface area (Å²) in [6, 6.07) is 0. The predicted molar refractivity (Wildman–Crippen MR) is 91.8 cm³/mol. The molecule has 3 fully saturated rings. The molecular weight excluding hydrogens is 284 g/mol. The molecule has 0 aromatic heterocycles. The first-order chi connectivity index (χ1) is 10.9. The number of hydrogen-bond donors (Lipinski definition) is 1. The van der Waals surface area contributed by atoms with Crippen molar-refractivity contribution in [2.75, 3.05) is 0 Å². The van der Waals surface area contributed by atoms with Crippen LogP contribution >= 0.6 is 0 Å². The van der Waals surface area contributed by atoms with Crippen molar-refractivity contribution in [2.45, 2.75) is 64.9 Å². The van der Waals surface area contributed by atoms with E-state index < -0.39 is 0 Å². The Kier molecular flexibility index (Phi) is 3.43. The van der Waals surface area contributed by atoms with E-state index in [1.165, 1.54) is 12.0 Å². The second-order valence-corrected chi connectivity index (χ2v) is 9.05. The summed E-state index contributed by atoms with van der Waals surface area (Å²) < 4.78 is 0. The first-order valence-electron chi connectivity index (χ1n) is 9.44. The van der Waals surface area contributed by atoms with E-state index in [2.05, 4.69) is 26.5 Å². The standard InChI is InChI=1S/C21H30O2/c1-4-13-11-18-16-6-5-14-12-15(22)7-9-20(14,2)17(16)8-10-21(18,3)19(13)23/h4-5,13,15-18,22H,1,6-12H2,2-3H3/t13-,15+,16-,17+,18+,20+,21+/m1/s1. The lowest BCUT2D eigenvalue weighted by Gasteiger charge is -2.56. The topological polar surface area (TPSA) is 37.3 Å². The fraction of sp³-hybridized carbons (Fsp3) is 0.762. The van der Waals surface area contributed by atoms with E-state index in [4.69, 9.17) is 0 Å². The van der Waals surface area contributed by atoms with Gasteiger partial charge in [0.05, 0.1) is 6.10 Å². The molecule has 7 atom stereocenters. The van der Waals surface area contributed by atoms with E-state index >= 15 is 0 Å². The van der Waals surface area contributed by atoms with E-state index in [0.717, 1.165) is 38.5 Å². The Balaban J connectivity index is 1.69. The van der Waals surface area contributed by atoms with Crippen LogP contribution in [-0.2, 0) is 4.79 Å². The summed E-state index contributed by atoms with van der Waals surface area (Å²) >= 11 is 0. The van der Waals surface area contributed by atoms with Crippen molar-refractivity contribution in [3.8, 4) is 0 Å². The predicted octanol–water partition coefficient (Wildman–Crippen LogP) is 4.29. The van der Waals surface area contributed by atoms with Crippen LogP contribution in [0, 0.1) is 34.5 Å². The third kappa shape index (κ3) is 2.00. The SMILES string of the molecule is C=C[C@@H]1C[C@H]2[C@@H]3CC=C4C[C@@H](O)CC[C@]4(C)[C@H]3CC[C@]2(C)C1=O. The van der Waals surface area contributed by atoms with Gasteiger partial charge in [0, 0.05) is 11.3 Å². The molecule has 1 N–H and O–H groups in total. The number of rotatable bonds is 1. The summed E-state index contributed by atoms with van der Waals surface area (Å²) in [6.45, 7) is 8.58. The number of Topliss-reactive ketones (excluding diaryl/α,β-unsaturated/α-hetero) is 1. The average Bonchev–Trinajstić information content (AvgIpc) is 2.79. The summed E-state index contributed by atoms with van der Waals surface area (Å²) in [4.78, 5) is 12.9. The third-order valence-corrected chi connectivity index (χ3v) is 8.16. The second-order valence-electron chi connectivity index (χ2n) is 9.05. The molecule has 0 bridgehead atoms. The van der Waals surface area contributed by atoms with Gasteiger partial charge in [-0.1, -0.05) is 31.6 Å². The number of hydrogen-bond acceptors (Lipinski definition) is 2. The highest BCUT2D eigenvalue weighted by Crippen LogP contribution is 2.64. The molecular formula is C21H30O2. The molecule has 126 valence electrons. The quantitative estimate of drug-likeness (QED) is 0.733. The largest absolute Gasteiger partial charge is 0.393 e. The van der Waals surface area contributed by atoms with Crippen LogP contribution in [0.4, 0.5) is 0 Å². The van der Waals surface area contributed by atoms with E-state index in [0.29, 0.717) is 23.5 Å². The molecule has 0 amide bonds. The van der Waals surface area contributed by atoms with Gasteiger partial charge in [0.15, 0.2) is 0 Å². The number of aliphatic hydroxyl groups is 1. The zero-order valence-electron chi connectivity index (χ0n) is 14.6. The van der Waals surface area contributed by atoms with Crippen molar-refractivity contribution in [1.82, 2.24) is 0 Å². The van der Waals surface area contributed by atoms with Crippen LogP contribution in [0.2, 0.25) is 0 Å². The van der Waals surface area contributed by atoms with Gasteiger partial charge in [-0.3, -0.25) is 4.79 Å². The zero-order valence-corrected chi connectivity index (χ0v) is 14.6. The molecule has 3 saturated carbocycles. The van der Waals surface area contributed by atoms with Gasteiger partial charge in [0.1, 0.15) is 5.78 Å². The van der Waals surface area contributed by atoms with Crippen LogP contribution in [0.5, 0.6) is 0 Å². The summed E-state index contributed by atoms with van der Waals surface area (Å²) in [5, 5.41) is 10.1. The van der Waals surface area contributed by atoms with Crippen molar-refractivity contribution in [3.05, 3.63) is 24.3 Å². The zero-order chi connectivity index (χ0) is 16.4. The van der Waals surface area contributed by atoms with Crippen molar-refractivity contribution in [3.63, 3.8) is 0 Å². The lowest BCUT2D eigenvalue weighted by Crippen LogP contribution is -2.50. The van der Waals surface area contributed by atoms with E-state index in [9.17, 15) is 9.90 Å². The van der Waals surface area contributed by atoms with Gasteiger partial charge in [-0.25, -0.2) is 0 Å². The molecule has 0 unspecified atom stereocenters. The van der Waals surface area contributed by atoms with Crippen LogP contribution in [0.25, 0.3) is 0 Å². The average molecular weight is 314 g/mol. The molecule has 4 aliphatic carbocycles. The van der Waals surface area contributed by atoms with Gasteiger partial charge >= 0.3 is 0 Å². The second kappa shape index (κ2) is 5.05. The maximum absolute atomic E-state index is 12.9. The first kappa shape index (κ1) is 15.6. The minimum Gasteiger partial charge on any atom is -0.393 e. The Labute approximate surface area is 140 Å². The first-order valence-corrected chi connectivity index (χ1v) is 9.44. The van der Waals surface area contributed by atoms with E-state index in [-0.39, 0.29) is 22.9 Å². The molecule has 0 saturated heterocycles. The Hall–Kier alpha value is -0.890. The maximum Gasteiger partial charge on any atom is 0.145 e. The monoisotopic (exact) mass is 314 g/mol. The van der Waals surface area contributed by atoms with Gasteiger partial charge in [0.2, 0.25) is 0 Å². The molecule has 0 heterocycles. The van der Waals surface area contributed by atoms with Gasteiger partial charge in [0.25, 0.3) is 0 Å². The normalized spacial score (nSPS) is 52.2. The summed E-state index contributed by atoms with van der Waals surface area (Å²) in [5.41, 5.74) is 1.65. The fourth-order valence-electron chi connectivity index (χ4n) is 6.71. The molecule has 0 spiro atoms. The van der Waals surface area contributed by atoms with Crippen molar-refractivity contribution < 1.29 is 9.90 Å². The molecule has 23 heavy (non-hydrogen) atoms. The van der Waals surface area contributed by atoms with E-state index in [1.807, 2.05) is 6.08 Å². The molecule has 0 aliphatic heterocycles. The Morgan fingerprint density at radius 3 is 2.70 bits per heavy atom. The van der Waals surface area contributed by atoms with Crippen LogP contribution in [0.1, 0.15) is 58.8 Å². The molecule has 0 radical (unpaired) electrons. The summed E-state index contributed by atoms with van der Waals surface area (Å²) in [6.07, 6.45) is 11.5. The maximum atomic E-state index is 12.9. The van der Waals surface area contributed by atoms with Crippen LogP contribution in [-0.4, -0.2) is 17.0 Å². The highest BCUT2D eigenvalue weighted by Gasteiger charge is 2.60.